The van der Waals surface area contributed by atoms with Crippen molar-refractivity contribution in [2.75, 3.05) is 19.0 Å². The number of benzene rings is 2. The van der Waals surface area contributed by atoms with Crippen LogP contribution in [0.4, 0.5) is 5.69 Å². The number of ether oxygens (including phenoxy) is 2. The molecule has 5 nitrogen and oxygen atoms in total. The molecule has 0 aliphatic heterocycles. The van der Waals surface area contributed by atoms with Crippen LogP contribution >= 0.6 is 0 Å². The second-order valence-corrected chi connectivity index (χ2v) is 6.36. The molecule has 0 atom stereocenters. The minimum absolute atomic E-state index is 0.0735. The summed E-state index contributed by atoms with van der Waals surface area (Å²) in [6, 6.07) is 13.5. The van der Waals surface area contributed by atoms with Gasteiger partial charge in [0.1, 0.15) is 5.84 Å². The van der Waals surface area contributed by atoms with Gasteiger partial charge in [-0.15, -0.1) is 0 Å². The topological polar surface area (TPSA) is 80.4 Å². The van der Waals surface area contributed by atoms with Gasteiger partial charge < -0.3 is 20.5 Å². The SMILES string of the molecule is COc1cc(CNc2ccc(C(=N)N)cc2)ccc1OCCC(C)C. The lowest BCUT2D eigenvalue weighted by Gasteiger charge is -2.14. The number of rotatable bonds is 9. The highest BCUT2D eigenvalue weighted by Gasteiger charge is 2.07. The van der Waals surface area contributed by atoms with E-state index in [4.69, 9.17) is 20.6 Å². The Kier molecular flexibility index (Phi) is 6.69. The summed E-state index contributed by atoms with van der Waals surface area (Å²) < 4.78 is 11.3. The number of hydrogen-bond acceptors (Lipinski definition) is 4. The van der Waals surface area contributed by atoms with Gasteiger partial charge in [-0.2, -0.15) is 0 Å². The molecule has 2 rings (SSSR count). The van der Waals surface area contributed by atoms with Crippen LogP contribution in [0, 0.1) is 11.3 Å². The van der Waals surface area contributed by atoms with Crippen molar-refractivity contribution in [1.29, 1.82) is 5.41 Å². The Morgan fingerprint density at radius 1 is 1.12 bits per heavy atom. The molecule has 0 saturated carbocycles. The van der Waals surface area contributed by atoms with Crippen LogP contribution in [0.1, 0.15) is 31.4 Å². The van der Waals surface area contributed by atoms with Gasteiger partial charge in [-0.1, -0.05) is 19.9 Å². The molecule has 25 heavy (non-hydrogen) atoms. The highest BCUT2D eigenvalue weighted by molar-refractivity contribution is 5.95. The fourth-order valence-electron chi connectivity index (χ4n) is 2.32. The molecule has 0 heterocycles. The van der Waals surface area contributed by atoms with Crippen LogP contribution in [0.3, 0.4) is 0 Å². The van der Waals surface area contributed by atoms with Gasteiger partial charge in [0.2, 0.25) is 0 Å². The zero-order valence-electron chi connectivity index (χ0n) is 15.1. The second-order valence-electron chi connectivity index (χ2n) is 6.36. The first-order valence-electron chi connectivity index (χ1n) is 8.47. The summed E-state index contributed by atoms with van der Waals surface area (Å²) in [6.45, 7) is 5.72. The van der Waals surface area contributed by atoms with Gasteiger partial charge in [-0.05, 0) is 54.3 Å². The third kappa shape index (κ3) is 5.71. The second kappa shape index (κ2) is 8.97. The van der Waals surface area contributed by atoms with Crippen molar-refractivity contribution in [3.8, 4) is 11.5 Å². The Morgan fingerprint density at radius 2 is 1.84 bits per heavy atom. The molecule has 0 radical (unpaired) electrons. The van der Waals surface area contributed by atoms with Gasteiger partial charge >= 0.3 is 0 Å². The number of methoxy groups -OCH3 is 1. The van der Waals surface area contributed by atoms with Crippen LogP contribution in [0.15, 0.2) is 42.5 Å². The minimum atomic E-state index is 0.0735. The average Bonchev–Trinajstić information content (AvgIpc) is 2.60. The lowest BCUT2D eigenvalue weighted by atomic mass is 10.1. The summed E-state index contributed by atoms with van der Waals surface area (Å²) in [6.07, 6.45) is 1.02. The molecule has 2 aromatic carbocycles. The van der Waals surface area contributed by atoms with Crippen LogP contribution in [-0.2, 0) is 6.54 Å². The maximum absolute atomic E-state index is 7.41. The molecule has 0 aliphatic carbocycles. The number of nitrogens with two attached hydrogens (primary N) is 1. The lowest BCUT2D eigenvalue weighted by molar-refractivity contribution is 0.273. The molecule has 0 amide bonds. The highest BCUT2D eigenvalue weighted by atomic mass is 16.5. The van der Waals surface area contributed by atoms with Crippen LogP contribution in [0.5, 0.6) is 11.5 Å². The van der Waals surface area contributed by atoms with Crippen LogP contribution in [0.25, 0.3) is 0 Å². The number of nitrogen functional groups attached to an aromatic ring is 1. The number of anilines is 1. The number of nitrogens with one attached hydrogen (secondary N) is 2. The van der Waals surface area contributed by atoms with Crippen molar-refractivity contribution < 1.29 is 9.47 Å². The Morgan fingerprint density at radius 3 is 2.44 bits per heavy atom. The fraction of sp³-hybridized carbons (Fsp3) is 0.350. The number of hydrogen-bond donors (Lipinski definition) is 3. The molecule has 134 valence electrons. The Balaban J connectivity index is 1.96. The maximum atomic E-state index is 7.41. The molecular formula is C20H27N3O2. The quantitative estimate of drug-likeness (QED) is 0.475. The zero-order valence-corrected chi connectivity index (χ0v) is 15.1. The summed E-state index contributed by atoms with van der Waals surface area (Å²) in [5, 5.41) is 10.8. The molecule has 0 fully saturated rings. The van der Waals surface area contributed by atoms with Crippen molar-refractivity contribution >= 4 is 11.5 Å². The van der Waals surface area contributed by atoms with E-state index in [1.54, 1.807) is 7.11 Å². The largest absolute Gasteiger partial charge is 0.493 e. The Hall–Kier alpha value is -2.69. The summed E-state index contributed by atoms with van der Waals surface area (Å²) in [5.41, 5.74) is 8.25. The molecule has 5 heteroatoms. The molecule has 0 unspecified atom stereocenters. The standard InChI is InChI=1S/C20H27N3O2/c1-14(2)10-11-25-18-9-4-15(12-19(18)24-3)13-23-17-7-5-16(6-8-17)20(21)22/h4-9,12,14,23H,10-11,13H2,1-3H3,(H3,21,22). The summed E-state index contributed by atoms with van der Waals surface area (Å²) in [7, 11) is 1.66. The lowest BCUT2D eigenvalue weighted by Crippen LogP contribution is -2.10. The first-order valence-corrected chi connectivity index (χ1v) is 8.47. The van der Waals surface area contributed by atoms with E-state index in [1.807, 2.05) is 42.5 Å². The first-order chi connectivity index (χ1) is 12.0. The summed E-state index contributed by atoms with van der Waals surface area (Å²) in [5.74, 6) is 2.21. The van der Waals surface area contributed by atoms with Crippen molar-refractivity contribution in [3.63, 3.8) is 0 Å². The van der Waals surface area contributed by atoms with Crippen molar-refractivity contribution in [2.45, 2.75) is 26.8 Å². The molecule has 0 spiro atoms. The van der Waals surface area contributed by atoms with Gasteiger partial charge in [0, 0.05) is 17.8 Å². The van der Waals surface area contributed by atoms with Gasteiger partial charge in [-0.3, -0.25) is 5.41 Å². The van der Waals surface area contributed by atoms with E-state index < -0.39 is 0 Å². The molecule has 0 aliphatic rings. The third-order valence-corrected chi connectivity index (χ3v) is 3.87. The van der Waals surface area contributed by atoms with E-state index in [2.05, 4.69) is 19.2 Å². The Bertz CT molecular complexity index is 697. The van der Waals surface area contributed by atoms with E-state index >= 15 is 0 Å². The van der Waals surface area contributed by atoms with E-state index in [-0.39, 0.29) is 5.84 Å². The molecule has 2 aromatic rings. The smallest absolute Gasteiger partial charge is 0.161 e. The van der Waals surface area contributed by atoms with Crippen LogP contribution < -0.4 is 20.5 Å². The van der Waals surface area contributed by atoms with Crippen molar-refractivity contribution in [3.05, 3.63) is 53.6 Å². The Labute approximate surface area is 149 Å². The molecule has 4 N–H and O–H groups in total. The van der Waals surface area contributed by atoms with E-state index in [9.17, 15) is 0 Å². The molecule has 0 saturated heterocycles. The van der Waals surface area contributed by atoms with Crippen LogP contribution in [-0.4, -0.2) is 19.6 Å². The van der Waals surface area contributed by atoms with Gasteiger partial charge in [0.15, 0.2) is 11.5 Å². The van der Waals surface area contributed by atoms with Crippen molar-refractivity contribution in [2.24, 2.45) is 11.7 Å². The van der Waals surface area contributed by atoms with Gasteiger partial charge in [0.25, 0.3) is 0 Å². The predicted octanol–water partition coefficient (Wildman–Crippen LogP) is 4.02. The zero-order chi connectivity index (χ0) is 18.2. The van der Waals surface area contributed by atoms with Crippen molar-refractivity contribution in [1.82, 2.24) is 0 Å². The van der Waals surface area contributed by atoms with E-state index in [0.717, 1.165) is 34.7 Å². The first kappa shape index (κ1) is 18.6. The predicted molar refractivity (Wildman–Crippen MR) is 103 cm³/mol. The van der Waals surface area contributed by atoms with E-state index in [0.29, 0.717) is 19.1 Å². The average molecular weight is 341 g/mol. The summed E-state index contributed by atoms with van der Waals surface area (Å²) in [4.78, 5) is 0. The normalized spacial score (nSPS) is 10.6. The highest BCUT2D eigenvalue weighted by Crippen LogP contribution is 2.28. The molecule has 0 aromatic heterocycles. The fourth-order valence-corrected chi connectivity index (χ4v) is 2.32. The third-order valence-electron chi connectivity index (χ3n) is 3.87. The summed E-state index contributed by atoms with van der Waals surface area (Å²) >= 11 is 0. The van der Waals surface area contributed by atoms with Crippen LogP contribution in [0.2, 0.25) is 0 Å². The van der Waals surface area contributed by atoms with Gasteiger partial charge in [0.05, 0.1) is 13.7 Å². The molecule has 0 bridgehead atoms. The molecular weight excluding hydrogens is 314 g/mol. The minimum Gasteiger partial charge on any atom is -0.493 e. The van der Waals surface area contributed by atoms with Gasteiger partial charge in [-0.25, -0.2) is 0 Å². The maximum Gasteiger partial charge on any atom is 0.161 e. The van der Waals surface area contributed by atoms with E-state index in [1.165, 1.54) is 0 Å². The monoisotopic (exact) mass is 341 g/mol. The number of amidine groups is 1.